The fraction of sp³-hybridized carbons (Fsp3) is 0.524. The fourth-order valence-electron chi connectivity index (χ4n) is 3.98. The maximum Gasteiger partial charge on any atom is 0.227 e. The maximum absolute atomic E-state index is 4.98. The first kappa shape index (κ1) is 16.4. The van der Waals surface area contributed by atoms with Crippen molar-refractivity contribution in [3.05, 3.63) is 36.4 Å². The summed E-state index contributed by atoms with van der Waals surface area (Å²) < 4.78 is 0. The minimum atomic E-state index is 0.719. The number of piperidine rings is 2. The molecule has 4 nitrogen and oxygen atoms in total. The molecule has 2 saturated heterocycles. The highest BCUT2D eigenvalue weighted by molar-refractivity contribution is 5.65. The second-order valence-electron chi connectivity index (χ2n) is 7.52. The number of aromatic nitrogens is 2. The van der Waals surface area contributed by atoms with Crippen LogP contribution in [0.4, 0.5) is 11.8 Å². The molecular formula is C21H28N4. The van der Waals surface area contributed by atoms with E-state index in [4.69, 9.17) is 9.97 Å². The second kappa shape index (κ2) is 7.42. The predicted octanol–water partition coefficient (Wildman–Crippen LogP) is 4.37. The Morgan fingerprint density at radius 3 is 2.40 bits per heavy atom. The largest absolute Gasteiger partial charge is 0.356 e. The van der Waals surface area contributed by atoms with Gasteiger partial charge in [-0.25, -0.2) is 4.98 Å². The summed E-state index contributed by atoms with van der Waals surface area (Å²) in [5, 5.41) is 0. The highest BCUT2D eigenvalue weighted by Gasteiger charge is 2.22. The van der Waals surface area contributed by atoms with E-state index in [1.165, 1.54) is 37.7 Å². The molecule has 3 heterocycles. The summed E-state index contributed by atoms with van der Waals surface area (Å²) in [4.78, 5) is 14.7. The van der Waals surface area contributed by atoms with Crippen LogP contribution in [0.5, 0.6) is 0 Å². The second-order valence-corrected chi connectivity index (χ2v) is 7.52. The van der Waals surface area contributed by atoms with Gasteiger partial charge in [-0.1, -0.05) is 37.3 Å². The molecule has 2 aromatic rings. The zero-order valence-corrected chi connectivity index (χ0v) is 15.2. The van der Waals surface area contributed by atoms with E-state index in [1.807, 2.05) is 0 Å². The molecule has 0 amide bonds. The molecule has 2 aliphatic rings. The standard InChI is InChI=1S/C21H28N4/c1-17-9-8-14-25(16-17)21-22-19(18-10-4-2-5-11-18)15-20(23-21)24-12-6-3-7-13-24/h2,4-5,10-11,15,17H,3,6-9,12-14,16H2,1H3. The van der Waals surface area contributed by atoms with Gasteiger partial charge >= 0.3 is 0 Å². The van der Waals surface area contributed by atoms with Gasteiger partial charge in [-0.2, -0.15) is 4.98 Å². The third-order valence-corrected chi connectivity index (χ3v) is 5.39. The van der Waals surface area contributed by atoms with Crippen LogP contribution < -0.4 is 9.80 Å². The van der Waals surface area contributed by atoms with Crippen molar-refractivity contribution >= 4 is 11.8 Å². The highest BCUT2D eigenvalue weighted by atomic mass is 15.3. The van der Waals surface area contributed by atoms with Crippen LogP contribution in [-0.2, 0) is 0 Å². The van der Waals surface area contributed by atoms with Crippen LogP contribution in [0.2, 0.25) is 0 Å². The molecule has 0 spiro atoms. The molecule has 1 aromatic heterocycles. The summed E-state index contributed by atoms with van der Waals surface area (Å²) in [6.07, 6.45) is 6.41. The molecule has 1 atom stereocenters. The molecule has 0 aliphatic carbocycles. The SMILES string of the molecule is CC1CCCN(c2nc(-c3ccccc3)cc(N3CCCCC3)n2)C1. The summed E-state index contributed by atoms with van der Waals surface area (Å²) >= 11 is 0. The van der Waals surface area contributed by atoms with Crippen molar-refractivity contribution in [2.45, 2.75) is 39.0 Å². The van der Waals surface area contributed by atoms with Crippen LogP contribution in [0, 0.1) is 5.92 Å². The summed E-state index contributed by atoms with van der Waals surface area (Å²) in [5.41, 5.74) is 2.22. The lowest BCUT2D eigenvalue weighted by molar-refractivity contribution is 0.442. The summed E-state index contributed by atoms with van der Waals surface area (Å²) in [6.45, 7) is 6.70. The van der Waals surface area contributed by atoms with Crippen LogP contribution in [-0.4, -0.2) is 36.1 Å². The van der Waals surface area contributed by atoms with Gasteiger partial charge in [0.1, 0.15) is 5.82 Å². The number of benzene rings is 1. The van der Waals surface area contributed by atoms with E-state index in [0.29, 0.717) is 0 Å². The van der Waals surface area contributed by atoms with E-state index in [-0.39, 0.29) is 0 Å². The summed E-state index contributed by atoms with van der Waals surface area (Å²) in [7, 11) is 0. The molecule has 0 bridgehead atoms. The lowest BCUT2D eigenvalue weighted by Gasteiger charge is -2.33. The Balaban J connectivity index is 1.72. The zero-order chi connectivity index (χ0) is 17.1. The summed E-state index contributed by atoms with van der Waals surface area (Å²) in [6, 6.07) is 12.7. The van der Waals surface area contributed by atoms with Crippen LogP contribution in [0.3, 0.4) is 0 Å². The van der Waals surface area contributed by atoms with Gasteiger partial charge in [-0.05, 0) is 38.0 Å². The van der Waals surface area contributed by atoms with E-state index in [2.05, 4.69) is 53.1 Å². The van der Waals surface area contributed by atoms with Crippen molar-refractivity contribution in [3.63, 3.8) is 0 Å². The predicted molar refractivity (Wildman–Crippen MR) is 104 cm³/mol. The number of hydrogen-bond donors (Lipinski definition) is 0. The molecule has 4 rings (SSSR count). The molecule has 25 heavy (non-hydrogen) atoms. The minimum absolute atomic E-state index is 0.719. The average molecular weight is 336 g/mol. The number of nitrogens with zero attached hydrogens (tertiary/aromatic N) is 4. The van der Waals surface area contributed by atoms with Crippen LogP contribution >= 0.6 is 0 Å². The first-order valence-corrected chi connectivity index (χ1v) is 9.74. The van der Waals surface area contributed by atoms with Crippen molar-refractivity contribution in [1.29, 1.82) is 0 Å². The topological polar surface area (TPSA) is 32.3 Å². The molecule has 132 valence electrons. The minimum Gasteiger partial charge on any atom is -0.356 e. The fourth-order valence-corrected chi connectivity index (χ4v) is 3.98. The zero-order valence-electron chi connectivity index (χ0n) is 15.2. The van der Waals surface area contributed by atoms with Gasteiger partial charge in [0.25, 0.3) is 0 Å². The van der Waals surface area contributed by atoms with Crippen molar-refractivity contribution in [1.82, 2.24) is 9.97 Å². The van der Waals surface area contributed by atoms with Crippen LogP contribution in [0.15, 0.2) is 36.4 Å². The van der Waals surface area contributed by atoms with Gasteiger partial charge in [0.15, 0.2) is 0 Å². The molecule has 0 saturated carbocycles. The molecule has 1 unspecified atom stereocenters. The summed E-state index contributed by atoms with van der Waals surface area (Å²) in [5.74, 6) is 2.73. The highest BCUT2D eigenvalue weighted by Crippen LogP contribution is 2.28. The van der Waals surface area contributed by atoms with Gasteiger partial charge < -0.3 is 9.80 Å². The van der Waals surface area contributed by atoms with E-state index in [1.54, 1.807) is 0 Å². The smallest absolute Gasteiger partial charge is 0.227 e. The van der Waals surface area contributed by atoms with E-state index >= 15 is 0 Å². The Labute approximate surface area is 150 Å². The lowest BCUT2D eigenvalue weighted by Crippen LogP contribution is -2.36. The molecule has 4 heteroatoms. The Bertz CT molecular complexity index is 694. The van der Waals surface area contributed by atoms with Crippen molar-refractivity contribution in [2.24, 2.45) is 5.92 Å². The molecule has 2 fully saturated rings. The first-order valence-electron chi connectivity index (χ1n) is 9.74. The van der Waals surface area contributed by atoms with E-state index < -0.39 is 0 Å². The molecule has 0 radical (unpaired) electrons. The normalized spacial score (nSPS) is 21.4. The van der Waals surface area contributed by atoms with Gasteiger partial charge in [0.05, 0.1) is 5.69 Å². The molecule has 2 aliphatic heterocycles. The Morgan fingerprint density at radius 1 is 0.880 bits per heavy atom. The van der Waals surface area contributed by atoms with Gasteiger partial charge in [-0.3, -0.25) is 0 Å². The molecule has 0 N–H and O–H groups in total. The van der Waals surface area contributed by atoms with E-state index in [0.717, 1.165) is 49.6 Å². The number of anilines is 2. The van der Waals surface area contributed by atoms with Crippen molar-refractivity contribution in [2.75, 3.05) is 36.0 Å². The third-order valence-electron chi connectivity index (χ3n) is 5.39. The quantitative estimate of drug-likeness (QED) is 0.833. The Morgan fingerprint density at radius 2 is 1.64 bits per heavy atom. The Hall–Kier alpha value is -2.10. The van der Waals surface area contributed by atoms with Gasteiger partial charge in [0.2, 0.25) is 5.95 Å². The van der Waals surface area contributed by atoms with Crippen LogP contribution in [0.25, 0.3) is 11.3 Å². The van der Waals surface area contributed by atoms with Gasteiger partial charge in [-0.15, -0.1) is 0 Å². The number of rotatable bonds is 3. The van der Waals surface area contributed by atoms with E-state index in [9.17, 15) is 0 Å². The van der Waals surface area contributed by atoms with Gasteiger partial charge in [0, 0.05) is 37.8 Å². The average Bonchev–Trinajstić information content (AvgIpc) is 2.69. The Kier molecular flexibility index (Phi) is 4.86. The molecule has 1 aromatic carbocycles. The molecular weight excluding hydrogens is 308 g/mol. The lowest BCUT2D eigenvalue weighted by atomic mass is 10.0. The van der Waals surface area contributed by atoms with Crippen molar-refractivity contribution in [3.8, 4) is 11.3 Å². The van der Waals surface area contributed by atoms with Crippen molar-refractivity contribution < 1.29 is 0 Å². The first-order chi connectivity index (χ1) is 12.3. The number of hydrogen-bond acceptors (Lipinski definition) is 4. The third kappa shape index (κ3) is 3.78. The monoisotopic (exact) mass is 336 g/mol. The van der Waals surface area contributed by atoms with Crippen LogP contribution in [0.1, 0.15) is 39.0 Å². The maximum atomic E-state index is 4.98.